The number of rotatable bonds is 7. The lowest BCUT2D eigenvalue weighted by Crippen LogP contribution is -2.36. The predicted molar refractivity (Wildman–Crippen MR) is 119 cm³/mol. The van der Waals surface area contributed by atoms with Crippen molar-refractivity contribution in [1.82, 2.24) is 20.5 Å². The van der Waals surface area contributed by atoms with Crippen molar-refractivity contribution >= 4 is 46.5 Å². The molecule has 1 amide bonds. The highest BCUT2D eigenvalue weighted by Gasteiger charge is 2.44. The number of nitrogens with one attached hydrogen (secondary N) is 1. The molecule has 2 aliphatic carbocycles. The molecule has 0 aliphatic heterocycles. The third kappa shape index (κ3) is 4.26. The Labute approximate surface area is 191 Å². The summed E-state index contributed by atoms with van der Waals surface area (Å²) in [4.78, 5) is 30.3. The van der Waals surface area contributed by atoms with E-state index in [9.17, 15) is 9.59 Å². The Hall–Kier alpha value is -3.16. The maximum Gasteiger partial charge on any atom is 0.230 e. The summed E-state index contributed by atoms with van der Waals surface area (Å²) in [6, 6.07) is 6.04. The second-order valence-corrected chi connectivity index (χ2v) is 10.2. The zero-order chi connectivity index (χ0) is 22.3. The molecule has 3 aromatic rings. The number of ketones is 1. The Morgan fingerprint density at radius 2 is 2.09 bits per heavy atom. The van der Waals surface area contributed by atoms with E-state index in [0.29, 0.717) is 25.2 Å². The molecule has 8 nitrogen and oxygen atoms in total. The number of carbonyl (C=O) groups excluding carboxylic acids is 2. The zero-order valence-corrected chi connectivity index (χ0v) is 18.9. The number of carbonyl (C=O) groups is 2. The first-order chi connectivity index (χ1) is 15.4. The van der Waals surface area contributed by atoms with Gasteiger partial charge in [-0.1, -0.05) is 12.2 Å². The summed E-state index contributed by atoms with van der Waals surface area (Å²) in [7, 11) is 0. The number of nitriles is 1. The monoisotopic (exact) mass is 465 g/mol. The highest BCUT2D eigenvalue weighted by molar-refractivity contribution is 7.14. The number of thiophene rings is 1. The lowest BCUT2D eigenvalue weighted by Gasteiger charge is -2.09. The Morgan fingerprint density at radius 1 is 1.28 bits per heavy atom. The average Bonchev–Trinajstić information content (AvgIpc) is 3.15. The van der Waals surface area contributed by atoms with E-state index >= 15 is 0 Å². The molecule has 10 heteroatoms. The molecule has 2 aliphatic rings. The van der Waals surface area contributed by atoms with Gasteiger partial charge in [-0.05, 0) is 38.3 Å². The fourth-order valence-electron chi connectivity index (χ4n) is 3.56. The van der Waals surface area contributed by atoms with Crippen LogP contribution in [0.2, 0.25) is 0 Å². The molecule has 0 radical (unpaired) electrons. The SMILES string of the molecule is CC(=O)c1ccc(C2C=c3sc(Cc4nnc(CC(=O)NC5(C#N)CC5)o4)nc3=CC2)s1. The molecular formula is C22H19N5O3S2. The maximum absolute atomic E-state index is 12.1. The van der Waals surface area contributed by atoms with Crippen molar-refractivity contribution < 1.29 is 14.0 Å². The highest BCUT2D eigenvalue weighted by atomic mass is 32.1. The number of amides is 1. The quantitative estimate of drug-likeness (QED) is 0.528. The van der Waals surface area contributed by atoms with Gasteiger partial charge in [0.05, 0.1) is 27.2 Å². The van der Waals surface area contributed by atoms with Crippen molar-refractivity contribution in [2.75, 3.05) is 0 Å². The van der Waals surface area contributed by atoms with Gasteiger partial charge >= 0.3 is 0 Å². The third-order valence-corrected chi connectivity index (χ3v) is 7.80. The molecule has 3 heterocycles. The normalized spacial score (nSPS) is 18.1. The topological polar surface area (TPSA) is 122 Å². The molecule has 0 spiro atoms. The first kappa shape index (κ1) is 20.7. The van der Waals surface area contributed by atoms with E-state index in [0.717, 1.165) is 26.2 Å². The summed E-state index contributed by atoms with van der Waals surface area (Å²) in [6.45, 7) is 1.59. The summed E-state index contributed by atoms with van der Waals surface area (Å²) < 4.78 is 6.72. The minimum Gasteiger partial charge on any atom is -0.424 e. The second kappa shape index (κ2) is 8.07. The van der Waals surface area contributed by atoms with Crippen LogP contribution in [-0.2, 0) is 17.6 Å². The molecule has 1 atom stereocenters. The molecule has 162 valence electrons. The number of fused-ring (bicyclic) bond motifs is 1. The van der Waals surface area contributed by atoms with Gasteiger partial charge in [-0.25, -0.2) is 4.98 Å². The number of aromatic nitrogens is 3. The Kier molecular flexibility index (Phi) is 5.23. The van der Waals surface area contributed by atoms with Crippen molar-refractivity contribution in [3.8, 4) is 6.07 Å². The van der Waals surface area contributed by atoms with Gasteiger partial charge in [0, 0.05) is 10.8 Å². The van der Waals surface area contributed by atoms with Crippen molar-refractivity contribution in [1.29, 1.82) is 5.26 Å². The summed E-state index contributed by atoms with van der Waals surface area (Å²) in [5.41, 5.74) is -0.707. The molecule has 1 N–H and O–H groups in total. The molecule has 1 saturated carbocycles. The minimum atomic E-state index is -0.707. The molecule has 3 aromatic heterocycles. The van der Waals surface area contributed by atoms with Gasteiger partial charge in [-0.3, -0.25) is 9.59 Å². The lowest BCUT2D eigenvalue weighted by molar-refractivity contribution is -0.121. The van der Waals surface area contributed by atoms with Gasteiger partial charge in [0.15, 0.2) is 5.78 Å². The van der Waals surface area contributed by atoms with Gasteiger partial charge in [0.2, 0.25) is 17.7 Å². The van der Waals surface area contributed by atoms with E-state index in [1.165, 1.54) is 4.88 Å². The average molecular weight is 466 g/mol. The summed E-state index contributed by atoms with van der Waals surface area (Å²) in [6.07, 6.45) is 6.89. The predicted octanol–water partition coefficient (Wildman–Crippen LogP) is 1.84. The van der Waals surface area contributed by atoms with E-state index in [1.54, 1.807) is 29.6 Å². The summed E-state index contributed by atoms with van der Waals surface area (Å²) in [5.74, 6) is 0.674. The van der Waals surface area contributed by atoms with Crippen molar-refractivity contribution in [2.24, 2.45) is 0 Å². The van der Waals surface area contributed by atoms with Crippen molar-refractivity contribution in [3.63, 3.8) is 0 Å². The van der Waals surface area contributed by atoms with E-state index in [2.05, 4.69) is 38.7 Å². The molecule has 1 fully saturated rings. The number of Topliss-reactive ketones (excluding diaryl/α,β-unsaturated/α-hetero) is 1. The van der Waals surface area contributed by atoms with Gasteiger partial charge < -0.3 is 9.73 Å². The largest absolute Gasteiger partial charge is 0.424 e. The smallest absolute Gasteiger partial charge is 0.230 e. The number of hydrogen-bond acceptors (Lipinski definition) is 9. The Bertz CT molecular complexity index is 1370. The van der Waals surface area contributed by atoms with Crippen molar-refractivity contribution in [3.05, 3.63) is 48.6 Å². The molecule has 0 saturated heterocycles. The van der Waals surface area contributed by atoms with Gasteiger partial charge in [0.25, 0.3) is 0 Å². The van der Waals surface area contributed by atoms with Crippen LogP contribution in [-0.4, -0.2) is 32.4 Å². The molecular weight excluding hydrogens is 446 g/mol. The standard InChI is InChI=1S/C22H19N5O3S2/c1-12(28)15-4-5-16(31-15)13-2-3-14-17(8-13)32-21(24-14)10-20-27-26-19(30-20)9-18(29)25-22(11-23)6-7-22/h3-5,8,13H,2,6-7,9-10H2,1H3,(H,25,29). The van der Waals surface area contributed by atoms with Crippen LogP contribution in [0.1, 0.15) is 63.4 Å². The van der Waals surface area contributed by atoms with Crippen LogP contribution < -0.4 is 15.2 Å². The van der Waals surface area contributed by atoms with Gasteiger partial charge in [-0.15, -0.1) is 32.9 Å². The van der Waals surface area contributed by atoms with Crippen LogP contribution in [0, 0.1) is 11.3 Å². The van der Waals surface area contributed by atoms with Gasteiger partial charge in [-0.2, -0.15) is 5.26 Å². The first-order valence-corrected chi connectivity index (χ1v) is 11.9. The third-order valence-electron chi connectivity index (χ3n) is 5.45. The van der Waals surface area contributed by atoms with Crippen LogP contribution >= 0.6 is 22.7 Å². The van der Waals surface area contributed by atoms with E-state index in [-0.39, 0.29) is 29.9 Å². The van der Waals surface area contributed by atoms with E-state index in [1.807, 2.05) is 12.1 Å². The highest BCUT2D eigenvalue weighted by Crippen LogP contribution is 2.34. The number of hydrogen-bond donors (Lipinski definition) is 1. The van der Waals surface area contributed by atoms with Crippen LogP contribution in [0.15, 0.2) is 16.5 Å². The lowest BCUT2D eigenvalue weighted by atomic mass is 10.0. The molecule has 0 bridgehead atoms. The van der Waals surface area contributed by atoms with Crippen molar-refractivity contribution in [2.45, 2.75) is 50.5 Å². The maximum atomic E-state index is 12.1. The molecule has 5 rings (SSSR count). The van der Waals surface area contributed by atoms with Gasteiger partial charge in [0.1, 0.15) is 17.0 Å². The van der Waals surface area contributed by atoms with Crippen LogP contribution in [0.25, 0.3) is 12.2 Å². The first-order valence-electron chi connectivity index (χ1n) is 10.2. The Morgan fingerprint density at radius 3 is 2.81 bits per heavy atom. The van der Waals surface area contributed by atoms with Crippen LogP contribution in [0.4, 0.5) is 0 Å². The molecule has 0 aromatic carbocycles. The fourth-order valence-corrected chi connectivity index (χ4v) is 5.61. The van der Waals surface area contributed by atoms with Crippen LogP contribution in [0.3, 0.4) is 0 Å². The number of nitrogens with zero attached hydrogens (tertiary/aromatic N) is 4. The summed E-state index contributed by atoms with van der Waals surface area (Å²) >= 11 is 3.13. The van der Waals surface area contributed by atoms with E-state index in [4.69, 9.17) is 9.68 Å². The van der Waals surface area contributed by atoms with Crippen LogP contribution in [0.5, 0.6) is 0 Å². The Balaban J connectivity index is 1.26. The molecule has 1 unspecified atom stereocenters. The minimum absolute atomic E-state index is 0.0445. The summed E-state index contributed by atoms with van der Waals surface area (Å²) in [5, 5.41) is 21.6. The fraction of sp³-hybridized carbons (Fsp3) is 0.364. The zero-order valence-electron chi connectivity index (χ0n) is 17.3. The number of thiazole rings is 1. The molecule has 32 heavy (non-hydrogen) atoms. The van der Waals surface area contributed by atoms with E-state index < -0.39 is 5.54 Å². The second-order valence-electron chi connectivity index (χ2n) is 8.01.